The molecule has 1 aromatic carbocycles. The van der Waals surface area contributed by atoms with Crippen LogP contribution in [0.4, 0.5) is 0 Å². The van der Waals surface area contributed by atoms with Crippen molar-refractivity contribution in [1.29, 1.82) is 0 Å². The monoisotopic (exact) mass is 299 g/mol. The Balaban J connectivity index is 2.72. The van der Waals surface area contributed by atoms with Crippen molar-refractivity contribution in [3.8, 4) is 0 Å². The summed E-state index contributed by atoms with van der Waals surface area (Å²) in [6, 6.07) is 4.89. The quantitative estimate of drug-likeness (QED) is 0.808. The van der Waals surface area contributed by atoms with Gasteiger partial charge in [0.05, 0.1) is 4.90 Å². The maximum Gasteiger partial charge on any atom is 0.303 e. The lowest BCUT2D eigenvalue weighted by molar-refractivity contribution is -0.137. The number of carboxylic acid groups (broad SMARTS) is 1. The molecule has 0 bridgehead atoms. The van der Waals surface area contributed by atoms with Gasteiger partial charge < -0.3 is 5.11 Å². The molecular weight excluding hydrogens is 278 g/mol. The van der Waals surface area contributed by atoms with Crippen LogP contribution in [0.5, 0.6) is 0 Å². The van der Waals surface area contributed by atoms with Crippen molar-refractivity contribution in [2.45, 2.75) is 51.0 Å². The lowest BCUT2D eigenvalue weighted by Crippen LogP contribution is -2.33. The van der Waals surface area contributed by atoms with Gasteiger partial charge in [0, 0.05) is 12.5 Å². The molecule has 0 saturated heterocycles. The van der Waals surface area contributed by atoms with E-state index in [0.717, 1.165) is 5.56 Å². The van der Waals surface area contributed by atoms with Crippen molar-refractivity contribution in [3.63, 3.8) is 0 Å². The highest BCUT2D eigenvalue weighted by Gasteiger charge is 2.19. The van der Waals surface area contributed by atoms with E-state index >= 15 is 0 Å². The van der Waals surface area contributed by atoms with Gasteiger partial charge in [-0.25, -0.2) is 13.1 Å². The maximum atomic E-state index is 12.2. The highest BCUT2D eigenvalue weighted by Crippen LogP contribution is 2.17. The molecule has 0 aromatic heterocycles. The summed E-state index contributed by atoms with van der Waals surface area (Å²) in [5, 5.41) is 8.56. The van der Waals surface area contributed by atoms with Crippen molar-refractivity contribution in [2.75, 3.05) is 0 Å². The number of carboxylic acids is 1. The van der Waals surface area contributed by atoms with Crippen LogP contribution in [-0.4, -0.2) is 25.5 Å². The Kier molecular flexibility index (Phi) is 5.71. The molecule has 1 rings (SSSR count). The topological polar surface area (TPSA) is 83.5 Å². The van der Waals surface area contributed by atoms with Crippen molar-refractivity contribution in [1.82, 2.24) is 4.72 Å². The molecule has 0 fully saturated rings. The van der Waals surface area contributed by atoms with Crippen LogP contribution < -0.4 is 4.72 Å². The zero-order valence-corrected chi connectivity index (χ0v) is 12.8. The average molecular weight is 299 g/mol. The molecule has 1 aromatic rings. The van der Waals surface area contributed by atoms with Crippen LogP contribution in [0, 0.1) is 13.8 Å². The molecule has 0 heterocycles. The van der Waals surface area contributed by atoms with Gasteiger partial charge in [0.25, 0.3) is 0 Å². The molecule has 20 heavy (non-hydrogen) atoms. The fourth-order valence-corrected chi connectivity index (χ4v) is 3.55. The van der Waals surface area contributed by atoms with Gasteiger partial charge in [0.15, 0.2) is 0 Å². The number of benzene rings is 1. The molecule has 1 unspecified atom stereocenters. The van der Waals surface area contributed by atoms with E-state index in [4.69, 9.17) is 5.11 Å². The average Bonchev–Trinajstić information content (AvgIpc) is 2.26. The summed E-state index contributed by atoms with van der Waals surface area (Å²) in [6.45, 7) is 5.41. The number of sulfonamides is 1. The van der Waals surface area contributed by atoms with Crippen molar-refractivity contribution < 1.29 is 18.3 Å². The van der Waals surface area contributed by atoms with E-state index in [1.807, 2.05) is 13.0 Å². The minimum Gasteiger partial charge on any atom is -0.481 e. The molecule has 1 atom stereocenters. The minimum absolute atomic E-state index is 0.0512. The van der Waals surface area contributed by atoms with Gasteiger partial charge in [0.1, 0.15) is 0 Å². The summed E-state index contributed by atoms with van der Waals surface area (Å²) < 4.78 is 27.1. The number of hydrogen-bond donors (Lipinski definition) is 2. The third-order valence-electron chi connectivity index (χ3n) is 3.00. The molecule has 112 valence electrons. The van der Waals surface area contributed by atoms with E-state index in [2.05, 4.69) is 4.72 Å². The van der Waals surface area contributed by atoms with Crippen LogP contribution in [0.1, 0.15) is 37.3 Å². The van der Waals surface area contributed by atoms with Gasteiger partial charge in [-0.15, -0.1) is 0 Å². The van der Waals surface area contributed by atoms with E-state index < -0.39 is 16.0 Å². The summed E-state index contributed by atoms with van der Waals surface area (Å²) >= 11 is 0. The van der Waals surface area contributed by atoms with Crippen LogP contribution >= 0.6 is 0 Å². The van der Waals surface area contributed by atoms with Gasteiger partial charge in [0.2, 0.25) is 10.0 Å². The molecule has 5 nitrogen and oxygen atoms in total. The Morgan fingerprint density at radius 1 is 1.35 bits per heavy atom. The van der Waals surface area contributed by atoms with Gasteiger partial charge in [-0.3, -0.25) is 4.79 Å². The van der Waals surface area contributed by atoms with Crippen molar-refractivity contribution in [2.24, 2.45) is 0 Å². The molecule has 0 aliphatic rings. The molecule has 0 aliphatic carbocycles. The molecule has 0 radical (unpaired) electrons. The molecule has 0 amide bonds. The fourth-order valence-electron chi connectivity index (χ4n) is 2.05. The van der Waals surface area contributed by atoms with Crippen LogP contribution in [0.25, 0.3) is 0 Å². The summed E-state index contributed by atoms with van der Waals surface area (Å²) in [5.41, 5.74) is 1.71. The SMILES string of the molecule is Cc1ccc(S(=O)(=O)NC(C)CCCC(=O)O)c(C)c1. The van der Waals surface area contributed by atoms with E-state index in [1.165, 1.54) is 0 Å². The summed E-state index contributed by atoms with van der Waals surface area (Å²) in [7, 11) is -3.56. The first kappa shape index (κ1) is 16.7. The third-order valence-corrected chi connectivity index (χ3v) is 4.75. The number of aliphatic carboxylic acids is 1. The zero-order chi connectivity index (χ0) is 15.3. The Morgan fingerprint density at radius 3 is 2.55 bits per heavy atom. The van der Waals surface area contributed by atoms with Crippen LogP contribution in [0.3, 0.4) is 0 Å². The van der Waals surface area contributed by atoms with Crippen LogP contribution in [0.2, 0.25) is 0 Å². The number of nitrogens with one attached hydrogen (secondary N) is 1. The van der Waals surface area contributed by atoms with Gasteiger partial charge >= 0.3 is 5.97 Å². The lowest BCUT2D eigenvalue weighted by Gasteiger charge is -2.15. The molecule has 2 N–H and O–H groups in total. The molecule has 0 saturated carbocycles. The second-order valence-electron chi connectivity index (χ2n) is 5.08. The molecule has 0 aliphatic heterocycles. The Hall–Kier alpha value is -1.40. The van der Waals surface area contributed by atoms with Gasteiger partial charge in [-0.2, -0.15) is 0 Å². The number of rotatable bonds is 7. The largest absolute Gasteiger partial charge is 0.481 e. The van der Waals surface area contributed by atoms with Crippen molar-refractivity contribution >= 4 is 16.0 Å². The Labute approximate surface area is 120 Å². The number of carbonyl (C=O) groups is 1. The highest BCUT2D eigenvalue weighted by atomic mass is 32.2. The Bertz CT molecular complexity index is 581. The van der Waals surface area contributed by atoms with Gasteiger partial charge in [-0.1, -0.05) is 17.7 Å². The number of hydrogen-bond acceptors (Lipinski definition) is 3. The number of aryl methyl sites for hydroxylation is 2. The van der Waals surface area contributed by atoms with Gasteiger partial charge in [-0.05, 0) is 45.2 Å². The molecular formula is C14H21NO4S. The summed E-state index contributed by atoms with van der Waals surface area (Å²) in [5.74, 6) is -0.866. The summed E-state index contributed by atoms with van der Waals surface area (Å²) in [6.07, 6.45) is 0.998. The smallest absolute Gasteiger partial charge is 0.303 e. The highest BCUT2D eigenvalue weighted by molar-refractivity contribution is 7.89. The first-order valence-electron chi connectivity index (χ1n) is 6.54. The molecule has 6 heteroatoms. The Morgan fingerprint density at radius 2 is 2.00 bits per heavy atom. The predicted molar refractivity (Wildman–Crippen MR) is 77.2 cm³/mol. The zero-order valence-electron chi connectivity index (χ0n) is 12.0. The fraction of sp³-hybridized carbons (Fsp3) is 0.500. The minimum atomic E-state index is -3.56. The van der Waals surface area contributed by atoms with Crippen LogP contribution in [0.15, 0.2) is 23.1 Å². The summed E-state index contributed by atoms with van der Waals surface area (Å²) in [4.78, 5) is 10.7. The first-order chi connectivity index (χ1) is 9.22. The normalized spacial score (nSPS) is 13.2. The second kappa shape index (κ2) is 6.85. The molecule has 0 spiro atoms. The lowest BCUT2D eigenvalue weighted by atomic mass is 10.1. The van der Waals surface area contributed by atoms with E-state index in [0.29, 0.717) is 18.4 Å². The third kappa shape index (κ3) is 4.94. The van der Waals surface area contributed by atoms with E-state index in [9.17, 15) is 13.2 Å². The van der Waals surface area contributed by atoms with Crippen LogP contribution in [-0.2, 0) is 14.8 Å². The second-order valence-corrected chi connectivity index (χ2v) is 6.76. The van der Waals surface area contributed by atoms with Crippen molar-refractivity contribution in [3.05, 3.63) is 29.3 Å². The van der Waals surface area contributed by atoms with E-state index in [1.54, 1.807) is 26.0 Å². The maximum absolute atomic E-state index is 12.2. The standard InChI is InChI=1S/C14H21NO4S/c1-10-7-8-13(11(2)9-10)20(18,19)15-12(3)5-4-6-14(16)17/h7-9,12,15H,4-6H2,1-3H3,(H,16,17). The van der Waals surface area contributed by atoms with E-state index in [-0.39, 0.29) is 17.4 Å². The first-order valence-corrected chi connectivity index (χ1v) is 8.02. The predicted octanol–water partition coefficient (Wildman–Crippen LogP) is 2.23.